The molecule has 0 unspecified atom stereocenters. The first-order valence-electron chi connectivity index (χ1n) is 4.62. The summed E-state index contributed by atoms with van der Waals surface area (Å²) in [6.07, 6.45) is 2.90. The fourth-order valence-electron chi connectivity index (χ4n) is 1.32. The summed E-state index contributed by atoms with van der Waals surface area (Å²) in [7, 11) is 0. The lowest BCUT2D eigenvalue weighted by atomic mass is 10.2. The molecule has 0 fully saturated rings. The molecule has 0 saturated carbocycles. The van der Waals surface area contributed by atoms with E-state index in [4.69, 9.17) is 16.7 Å². The summed E-state index contributed by atoms with van der Waals surface area (Å²) < 4.78 is 1.62. The number of halogens is 1. The first kappa shape index (κ1) is 10.7. The van der Waals surface area contributed by atoms with E-state index in [0.717, 1.165) is 11.3 Å². The number of carbonyl (C=O) groups is 1. The van der Waals surface area contributed by atoms with Crippen molar-refractivity contribution < 1.29 is 9.90 Å². The number of imidazole rings is 1. The number of rotatable bonds is 2. The maximum atomic E-state index is 10.7. The van der Waals surface area contributed by atoms with E-state index in [1.807, 2.05) is 19.1 Å². The number of aryl methyl sites for hydroxylation is 1. The lowest BCUT2D eigenvalue weighted by Crippen LogP contribution is -1.96. The fourth-order valence-corrected chi connectivity index (χ4v) is 1.49. The number of hydrogen-bond acceptors (Lipinski definition) is 2. The molecule has 16 heavy (non-hydrogen) atoms. The van der Waals surface area contributed by atoms with Crippen LogP contribution < -0.4 is 0 Å². The van der Waals surface area contributed by atoms with Crippen LogP contribution in [-0.4, -0.2) is 20.6 Å². The van der Waals surface area contributed by atoms with Gasteiger partial charge in [-0.1, -0.05) is 17.7 Å². The Morgan fingerprint density at radius 3 is 2.81 bits per heavy atom. The van der Waals surface area contributed by atoms with E-state index >= 15 is 0 Å². The number of aromatic carboxylic acids is 1. The highest BCUT2D eigenvalue weighted by atomic mass is 35.5. The quantitative estimate of drug-likeness (QED) is 0.872. The Bertz CT molecular complexity index is 549. The molecule has 0 bridgehead atoms. The second kappa shape index (κ2) is 3.98. The van der Waals surface area contributed by atoms with Gasteiger partial charge < -0.3 is 9.67 Å². The van der Waals surface area contributed by atoms with E-state index in [2.05, 4.69) is 4.98 Å². The summed E-state index contributed by atoms with van der Waals surface area (Å²) in [5.41, 5.74) is 1.77. The molecule has 82 valence electrons. The zero-order valence-corrected chi connectivity index (χ0v) is 9.27. The van der Waals surface area contributed by atoms with Crippen molar-refractivity contribution in [2.75, 3.05) is 0 Å². The zero-order chi connectivity index (χ0) is 11.7. The summed E-state index contributed by atoms with van der Waals surface area (Å²) in [6.45, 7) is 1.91. The summed E-state index contributed by atoms with van der Waals surface area (Å²) in [5, 5.41) is 9.38. The highest BCUT2D eigenvalue weighted by Gasteiger charge is 2.07. The van der Waals surface area contributed by atoms with Crippen LogP contribution in [0.5, 0.6) is 0 Å². The first-order valence-corrected chi connectivity index (χ1v) is 4.99. The number of carboxylic acid groups (broad SMARTS) is 1. The standard InChI is InChI=1S/C11H9ClN2O2/c1-7-2-3-8(4-9(7)12)14-5-10(11(15)16)13-6-14/h2-6H,1H3,(H,15,16). The molecule has 0 spiro atoms. The number of hydrogen-bond donors (Lipinski definition) is 1. The monoisotopic (exact) mass is 236 g/mol. The van der Waals surface area contributed by atoms with Crippen LogP contribution in [0.2, 0.25) is 5.02 Å². The minimum atomic E-state index is -1.04. The van der Waals surface area contributed by atoms with E-state index in [1.54, 1.807) is 10.6 Å². The van der Waals surface area contributed by atoms with Gasteiger partial charge in [0, 0.05) is 16.9 Å². The summed E-state index contributed by atoms with van der Waals surface area (Å²) in [5.74, 6) is -1.04. The van der Waals surface area contributed by atoms with Crippen LogP contribution in [0.15, 0.2) is 30.7 Å². The molecule has 1 heterocycles. The fraction of sp³-hybridized carbons (Fsp3) is 0.0909. The Morgan fingerprint density at radius 1 is 1.50 bits per heavy atom. The molecule has 5 heteroatoms. The van der Waals surface area contributed by atoms with Gasteiger partial charge in [0.2, 0.25) is 0 Å². The second-order valence-electron chi connectivity index (χ2n) is 3.40. The lowest BCUT2D eigenvalue weighted by molar-refractivity contribution is 0.0691. The molecule has 0 amide bonds. The van der Waals surface area contributed by atoms with Gasteiger partial charge in [-0.05, 0) is 24.6 Å². The normalized spacial score (nSPS) is 10.4. The molecule has 0 radical (unpaired) electrons. The number of nitrogens with zero attached hydrogens (tertiary/aromatic N) is 2. The maximum Gasteiger partial charge on any atom is 0.356 e. The van der Waals surface area contributed by atoms with Crippen LogP contribution in [0.1, 0.15) is 16.1 Å². The van der Waals surface area contributed by atoms with E-state index in [0.29, 0.717) is 5.02 Å². The molecular weight excluding hydrogens is 228 g/mol. The van der Waals surface area contributed by atoms with Crippen molar-refractivity contribution in [3.8, 4) is 5.69 Å². The number of aromatic nitrogens is 2. The lowest BCUT2D eigenvalue weighted by Gasteiger charge is -2.03. The Labute approximate surface area is 97.1 Å². The van der Waals surface area contributed by atoms with Gasteiger partial charge in [-0.15, -0.1) is 0 Å². The van der Waals surface area contributed by atoms with Gasteiger partial charge in [0.25, 0.3) is 0 Å². The Balaban J connectivity index is 2.42. The smallest absolute Gasteiger partial charge is 0.356 e. The molecule has 4 nitrogen and oxygen atoms in total. The average molecular weight is 237 g/mol. The largest absolute Gasteiger partial charge is 0.476 e. The van der Waals surface area contributed by atoms with Crippen molar-refractivity contribution >= 4 is 17.6 Å². The third kappa shape index (κ3) is 1.92. The molecule has 1 aromatic carbocycles. The molecule has 2 rings (SSSR count). The molecular formula is C11H9ClN2O2. The van der Waals surface area contributed by atoms with Crippen molar-refractivity contribution in [2.24, 2.45) is 0 Å². The minimum absolute atomic E-state index is 0.0108. The van der Waals surface area contributed by atoms with Crippen LogP contribution in [0.4, 0.5) is 0 Å². The van der Waals surface area contributed by atoms with Crippen molar-refractivity contribution in [1.82, 2.24) is 9.55 Å². The number of carboxylic acids is 1. The highest BCUT2D eigenvalue weighted by Crippen LogP contribution is 2.19. The first-order chi connectivity index (χ1) is 7.58. The molecule has 0 saturated heterocycles. The van der Waals surface area contributed by atoms with Gasteiger partial charge in [-0.2, -0.15) is 0 Å². The second-order valence-corrected chi connectivity index (χ2v) is 3.81. The molecule has 1 N–H and O–H groups in total. The molecule has 0 aliphatic heterocycles. The van der Waals surface area contributed by atoms with Gasteiger partial charge in [-0.3, -0.25) is 0 Å². The average Bonchev–Trinajstić information content (AvgIpc) is 2.71. The highest BCUT2D eigenvalue weighted by molar-refractivity contribution is 6.31. The minimum Gasteiger partial charge on any atom is -0.476 e. The van der Waals surface area contributed by atoms with Crippen molar-refractivity contribution in [1.29, 1.82) is 0 Å². The van der Waals surface area contributed by atoms with Crippen LogP contribution in [0.25, 0.3) is 5.69 Å². The summed E-state index contributed by atoms with van der Waals surface area (Å²) in [4.78, 5) is 14.4. The Hall–Kier alpha value is -1.81. The molecule has 0 atom stereocenters. The van der Waals surface area contributed by atoms with Crippen LogP contribution >= 0.6 is 11.6 Å². The number of benzene rings is 1. The van der Waals surface area contributed by atoms with Crippen molar-refractivity contribution in [3.63, 3.8) is 0 Å². The van der Waals surface area contributed by atoms with Crippen molar-refractivity contribution in [3.05, 3.63) is 47.0 Å². The zero-order valence-electron chi connectivity index (χ0n) is 8.51. The molecule has 2 aromatic rings. The third-order valence-electron chi connectivity index (χ3n) is 2.26. The summed E-state index contributed by atoms with van der Waals surface area (Å²) in [6, 6.07) is 5.50. The predicted molar refractivity (Wildman–Crippen MR) is 60.3 cm³/mol. The van der Waals surface area contributed by atoms with Gasteiger partial charge in [0.05, 0.1) is 0 Å². The topological polar surface area (TPSA) is 55.1 Å². The maximum absolute atomic E-state index is 10.7. The third-order valence-corrected chi connectivity index (χ3v) is 2.66. The Kier molecular flexibility index (Phi) is 2.66. The molecule has 0 aliphatic rings. The molecule has 1 aromatic heterocycles. The van der Waals surface area contributed by atoms with E-state index in [1.165, 1.54) is 12.5 Å². The van der Waals surface area contributed by atoms with E-state index < -0.39 is 5.97 Å². The van der Waals surface area contributed by atoms with Gasteiger partial charge >= 0.3 is 5.97 Å². The molecule has 0 aliphatic carbocycles. The van der Waals surface area contributed by atoms with Crippen LogP contribution in [0.3, 0.4) is 0 Å². The van der Waals surface area contributed by atoms with Crippen LogP contribution in [0, 0.1) is 6.92 Å². The van der Waals surface area contributed by atoms with Gasteiger partial charge in [0.1, 0.15) is 6.33 Å². The SMILES string of the molecule is Cc1ccc(-n2cnc(C(=O)O)c2)cc1Cl. The van der Waals surface area contributed by atoms with E-state index in [-0.39, 0.29) is 5.69 Å². The predicted octanol–water partition coefficient (Wildman–Crippen LogP) is 2.53. The van der Waals surface area contributed by atoms with Crippen molar-refractivity contribution in [2.45, 2.75) is 6.92 Å². The summed E-state index contributed by atoms with van der Waals surface area (Å²) >= 11 is 5.98. The van der Waals surface area contributed by atoms with Gasteiger partial charge in [0.15, 0.2) is 5.69 Å². The van der Waals surface area contributed by atoms with Gasteiger partial charge in [-0.25, -0.2) is 9.78 Å². The van der Waals surface area contributed by atoms with E-state index in [9.17, 15) is 4.79 Å². The Morgan fingerprint density at radius 2 is 2.25 bits per heavy atom. The van der Waals surface area contributed by atoms with Crippen LogP contribution in [-0.2, 0) is 0 Å².